The molecule has 1 heterocycles. The van der Waals surface area contributed by atoms with Gasteiger partial charge in [-0.05, 0) is 18.6 Å². The summed E-state index contributed by atoms with van der Waals surface area (Å²) in [5.74, 6) is -0.833. The van der Waals surface area contributed by atoms with E-state index in [2.05, 4.69) is 9.73 Å². The van der Waals surface area contributed by atoms with Crippen molar-refractivity contribution in [3.63, 3.8) is 0 Å². The van der Waals surface area contributed by atoms with Gasteiger partial charge in [-0.3, -0.25) is 4.99 Å². The lowest BCUT2D eigenvalue weighted by molar-refractivity contribution is -0.132. The summed E-state index contributed by atoms with van der Waals surface area (Å²) in [5.41, 5.74) is 2.13. The van der Waals surface area contributed by atoms with Gasteiger partial charge in [-0.1, -0.05) is 6.07 Å². The molecule has 3 nitrogen and oxygen atoms in total. The number of aryl methyl sites for hydroxylation is 1. The van der Waals surface area contributed by atoms with Gasteiger partial charge in [-0.15, -0.1) is 0 Å². The van der Waals surface area contributed by atoms with Gasteiger partial charge in [0, 0.05) is 11.1 Å². The molecule has 0 unspecified atom stereocenters. The number of fused-ring (bicyclic) bond motifs is 1. The maximum Gasteiger partial charge on any atom is 0.356 e. The Kier molecular flexibility index (Phi) is 2.26. The van der Waals surface area contributed by atoms with Crippen molar-refractivity contribution in [3.8, 4) is 0 Å². The van der Waals surface area contributed by atoms with Crippen molar-refractivity contribution < 1.29 is 13.9 Å². The first-order valence-electron chi connectivity index (χ1n) is 4.56. The van der Waals surface area contributed by atoms with Crippen LogP contribution in [0.15, 0.2) is 17.1 Å². The molecular formula is C11H10FNO2. The van der Waals surface area contributed by atoms with Gasteiger partial charge in [0.2, 0.25) is 0 Å². The number of carbonyl (C=O) groups is 1. The number of aliphatic imine (C=N–C) groups is 1. The Labute approximate surface area is 86.6 Å². The van der Waals surface area contributed by atoms with E-state index in [0.717, 1.165) is 5.56 Å². The van der Waals surface area contributed by atoms with Gasteiger partial charge in [0.15, 0.2) is 5.71 Å². The van der Waals surface area contributed by atoms with E-state index in [9.17, 15) is 9.18 Å². The Balaban J connectivity index is 2.56. The monoisotopic (exact) mass is 207 g/mol. The highest BCUT2D eigenvalue weighted by Crippen LogP contribution is 2.25. The molecule has 4 heteroatoms. The summed E-state index contributed by atoms with van der Waals surface area (Å²) in [6.07, 6.45) is 0. The molecule has 0 aromatic heterocycles. The van der Waals surface area contributed by atoms with E-state index in [1.807, 2.05) is 6.92 Å². The summed E-state index contributed by atoms with van der Waals surface area (Å²) in [7, 11) is 1.29. The molecule has 0 N–H and O–H groups in total. The number of methoxy groups -OCH3 is 1. The molecular weight excluding hydrogens is 197 g/mol. The molecule has 0 saturated carbocycles. The van der Waals surface area contributed by atoms with Crippen LogP contribution in [0.5, 0.6) is 0 Å². The lowest BCUT2D eigenvalue weighted by atomic mass is 10.00. The third-order valence-electron chi connectivity index (χ3n) is 2.47. The van der Waals surface area contributed by atoms with Gasteiger partial charge in [-0.25, -0.2) is 9.18 Å². The highest BCUT2D eigenvalue weighted by molar-refractivity contribution is 6.44. The Hall–Kier alpha value is -1.71. The lowest BCUT2D eigenvalue weighted by Crippen LogP contribution is -2.16. The zero-order valence-corrected chi connectivity index (χ0v) is 8.50. The van der Waals surface area contributed by atoms with Crippen molar-refractivity contribution in [2.45, 2.75) is 13.5 Å². The Bertz CT molecular complexity index is 466. The van der Waals surface area contributed by atoms with E-state index in [1.165, 1.54) is 13.2 Å². The molecule has 78 valence electrons. The molecule has 1 aliphatic rings. The standard InChI is InChI=1S/C11H10FNO2/c1-6-3-4-8(12)7-5-13-10(9(6)7)11(14)15-2/h3-4H,5H2,1-2H3. The Morgan fingerprint density at radius 2 is 2.27 bits per heavy atom. The summed E-state index contributed by atoms with van der Waals surface area (Å²) < 4.78 is 18.0. The number of rotatable bonds is 1. The van der Waals surface area contributed by atoms with Crippen LogP contribution in [-0.2, 0) is 16.1 Å². The number of benzene rings is 1. The van der Waals surface area contributed by atoms with Crippen LogP contribution in [0, 0.1) is 12.7 Å². The van der Waals surface area contributed by atoms with Crippen molar-refractivity contribution >= 4 is 11.7 Å². The number of carbonyl (C=O) groups excluding carboxylic acids is 1. The van der Waals surface area contributed by atoms with Crippen LogP contribution in [0.1, 0.15) is 16.7 Å². The maximum atomic E-state index is 13.4. The number of halogens is 1. The van der Waals surface area contributed by atoms with Crippen molar-refractivity contribution in [3.05, 3.63) is 34.6 Å². The van der Waals surface area contributed by atoms with Crippen molar-refractivity contribution in [2.24, 2.45) is 4.99 Å². The smallest absolute Gasteiger partial charge is 0.356 e. The van der Waals surface area contributed by atoms with Crippen LogP contribution < -0.4 is 0 Å². The molecule has 15 heavy (non-hydrogen) atoms. The van der Waals surface area contributed by atoms with Crippen LogP contribution >= 0.6 is 0 Å². The van der Waals surface area contributed by atoms with Gasteiger partial charge < -0.3 is 4.74 Å². The van der Waals surface area contributed by atoms with Gasteiger partial charge in [-0.2, -0.15) is 0 Å². The lowest BCUT2D eigenvalue weighted by Gasteiger charge is -2.06. The fourth-order valence-corrected chi connectivity index (χ4v) is 1.72. The molecule has 0 radical (unpaired) electrons. The van der Waals surface area contributed by atoms with E-state index in [0.29, 0.717) is 11.1 Å². The number of ether oxygens (including phenoxy) is 1. The Morgan fingerprint density at radius 3 is 2.93 bits per heavy atom. The molecule has 1 aromatic rings. The van der Waals surface area contributed by atoms with E-state index >= 15 is 0 Å². The predicted octanol–water partition coefficient (Wildman–Crippen LogP) is 1.61. The minimum atomic E-state index is -0.512. The first kappa shape index (κ1) is 9.83. The fraction of sp³-hybridized carbons (Fsp3) is 0.273. The summed E-state index contributed by atoms with van der Waals surface area (Å²) in [6.45, 7) is 2.04. The van der Waals surface area contributed by atoms with E-state index < -0.39 is 5.97 Å². The average molecular weight is 207 g/mol. The molecule has 0 bridgehead atoms. The predicted molar refractivity (Wildman–Crippen MR) is 53.4 cm³/mol. The summed E-state index contributed by atoms with van der Waals surface area (Å²) in [6, 6.07) is 3.03. The second-order valence-electron chi connectivity index (χ2n) is 3.37. The third-order valence-corrected chi connectivity index (χ3v) is 2.47. The van der Waals surface area contributed by atoms with Crippen molar-refractivity contribution in [1.82, 2.24) is 0 Å². The Morgan fingerprint density at radius 1 is 1.53 bits per heavy atom. The second kappa shape index (κ2) is 3.46. The zero-order valence-electron chi connectivity index (χ0n) is 8.50. The molecule has 1 aromatic carbocycles. The third kappa shape index (κ3) is 1.42. The topological polar surface area (TPSA) is 38.7 Å². The molecule has 0 fully saturated rings. The SMILES string of the molecule is COC(=O)C1=NCc2c(F)ccc(C)c21. The number of hydrogen-bond donors (Lipinski definition) is 0. The molecule has 0 atom stereocenters. The minimum absolute atomic E-state index is 0.216. The van der Waals surface area contributed by atoms with Crippen molar-refractivity contribution in [2.75, 3.05) is 7.11 Å². The number of hydrogen-bond acceptors (Lipinski definition) is 3. The number of nitrogens with zero attached hydrogens (tertiary/aromatic N) is 1. The number of esters is 1. The highest BCUT2D eigenvalue weighted by atomic mass is 19.1. The second-order valence-corrected chi connectivity index (χ2v) is 3.37. The quantitative estimate of drug-likeness (QED) is 0.656. The molecule has 0 amide bonds. The first-order valence-corrected chi connectivity index (χ1v) is 4.56. The van der Waals surface area contributed by atoms with Gasteiger partial charge in [0.05, 0.1) is 13.7 Å². The average Bonchev–Trinajstić information content (AvgIpc) is 2.68. The summed E-state index contributed by atoms with van der Waals surface area (Å²) in [5, 5.41) is 0. The minimum Gasteiger partial charge on any atom is -0.464 e. The van der Waals surface area contributed by atoms with Gasteiger partial charge >= 0.3 is 5.97 Å². The highest BCUT2D eigenvalue weighted by Gasteiger charge is 2.26. The molecule has 0 saturated heterocycles. The molecule has 2 rings (SSSR count). The molecule has 1 aliphatic heterocycles. The van der Waals surface area contributed by atoms with Gasteiger partial charge in [0.1, 0.15) is 5.82 Å². The van der Waals surface area contributed by atoms with Gasteiger partial charge in [0.25, 0.3) is 0 Å². The van der Waals surface area contributed by atoms with Crippen LogP contribution in [0.25, 0.3) is 0 Å². The van der Waals surface area contributed by atoms with Crippen LogP contribution in [0.2, 0.25) is 0 Å². The molecule has 0 aliphatic carbocycles. The fourth-order valence-electron chi connectivity index (χ4n) is 1.72. The first-order chi connectivity index (χ1) is 7.15. The van der Waals surface area contributed by atoms with E-state index in [-0.39, 0.29) is 18.1 Å². The van der Waals surface area contributed by atoms with E-state index in [4.69, 9.17) is 0 Å². The largest absolute Gasteiger partial charge is 0.464 e. The maximum absolute atomic E-state index is 13.4. The summed E-state index contributed by atoms with van der Waals surface area (Å²) >= 11 is 0. The normalized spacial score (nSPS) is 13.4. The molecule has 0 spiro atoms. The van der Waals surface area contributed by atoms with Crippen LogP contribution in [-0.4, -0.2) is 18.8 Å². The summed E-state index contributed by atoms with van der Waals surface area (Å²) in [4.78, 5) is 15.4. The van der Waals surface area contributed by atoms with Crippen LogP contribution in [0.4, 0.5) is 4.39 Å². The van der Waals surface area contributed by atoms with Crippen molar-refractivity contribution in [1.29, 1.82) is 0 Å². The zero-order chi connectivity index (χ0) is 11.0. The van der Waals surface area contributed by atoms with E-state index in [1.54, 1.807) is 6.07 Å². The van der Waals surface area contributed by atoms with Crippen LogP contribution in [0.3, 0.4) is 0 Å².